The van der Waals surface area contributed by atoms with Crippen molar-refractivity contribution < 1.29 is 98.5 Å². The number of hydrogen-bond donors (Lipinski definition) is 2. The molecule has 0 aliphatic heterocycles. The number of benzene rings is 8. The molecule has 0 amide bonds. The smallest absolute Gasteiger partial charge is 2.00 e. The fourth-order valence-electron chi connectivity index (χ4n) is 10.7. The number of hydrogen-bond acceptors (Lipinski definition) is 14. The van der Waals surface area contributed by atoms with Gasteiger partial charge in [0.15, 0.2) is 0 Å². The van der Waals surface area contributed by atoms with Gasteiger partial charge in [-0.2, -0.15) is 0 Å². The molecule has 0 aromatic heterocycles. The molecule has 2 fully saturated rings. The number of nitrogens with one attached hydrogen (secondary N) is 2. The molecule has 460 valence electrons. The minimum Gasteiger partial charge on any atom is -2.00 e. The first-order valence-electron chi connectivity index (χ1n) is 29.4. The summed E-state index contributed by atoms with van der Waals surface area (Å²) < 4.78 is 22.0. The molecule has 2 aliphatic carbocycles. The molecule has 8 aromatic rings. The van der Waals surface area contributed by atoms with Gasteiger partial charge in [-0.25, -0.2) is 0 Å². The van der Waals surface area contributed by atoms with Gasteiger partial charge in [-0.05, 0) is 141 Å². The van der Waals surface area contributed by atoms with Crippen molar-refractivity contribution in [3.05, 3.63) is 192 Å². The zero-order valence-corrected chi connectivity index (χ0v) is 54.6. The maximum atomic E-state index is 13.4. The van der Waals surface area contributed by atoms with Crippen LogP contribution < -0.4 is 60.2 Å². The summed E-state index contributed by atoms with van der Waals surface area (Å²) in [4.78, 5) is 9.79. The van der Waals surface area contributed by atoms with Crippen molar-refractivity contribution in [3.63, 3.8) is 0 Å². The van der Waals surface area contributed by atoms with Crippen molar-refractivity contribution >= 4 is 12.4 Å². The van der Waals surface area contributed by atoms with E-state index in [9.17, 15) is 20.4 Å². The summed E-state index contributed by atoms with van der Waals surface area (Å²) in [5, 5.41) is 78.5. The molecule has 10 rings (SSSR count). The Balaban J connectivity index is 0.000000339. The van der Waals surface area contributed by atoms with Crippen LogP contribution in [0, 0.1) is 0 Å². The van der Waals surface area contributed by atoms with Crippen LogP contribution in [-0.4, -0.2) is 78.2 Å². The maximum absolute atomic E-state index is 13.4. The molecule has 0 spiro atoms. The van der Waals surface area contributed by atoms with Crippen molar-refractivity contribution in [2.24, 2.45) is 9.98 Å². The number of nitrogens with zero attached hydrogens (tertiary/aromatic N) is 2. The molecule has 89 heavy (non-hydrogen) atoms. The Kier molecular flexibility index (Phi) is 32.5. The summed E-state index contributed by atoms with van der Waals surface area (Å²) >= 11 is 0. The number of aliphatic imine (C=N–C) groups is 2. The summed E-state index contributed by atoms with van der Waals surface area (Å²) in [6, 6.07) is 52.9. The molecule has 17 heteroatoms. The van der Waals surface area contributed by atoms with E-state index in [4.69, 9.17) is 39.1 Å². The molecule has 2 saturated carbocycles. The van der Waals surface area contributed by atoms with Crippen molar-refractivity contribution in [1.82, 2.24) is 10.6 Å². The summed E-state index contributed by atoms with van der Waals surface area (Å²) in [6.07, 6.45) is 11.4. The Morgan fingerprint density at radius 2 is 0.663 bits per heavy atom. The van der Waals surface area contributed by atoms with Crippen LogP contribution in [0.15, 0.2) is 180 Å². The fraction of sp³-hybridized carbons (Fsp3) is 0.306. The number of ether oxygens (including phenoxy) is 4. The van der Waals surface area contributed by atoms with Gasteiger partial charge in [-0.1, -0.05) is 184 Å². The van der Waals surface area contributed by atoms with Crippen LogP contribution in [0.5, 0.6) is 46.0 Å². The largest absolute Gasteiger partial charge is 4.00 e. The average Bonchev–Trinajstić information content (AvgIpc) is 2.26. The van der Waals surface area contributed by atoms with Gasteiger partial charge in [-0.15, -0.1) is 13.2 Å². The standard InChI is InChI=1S/2C34H36N2O4.2C2H5O.O.2Ti/c2*1-39-27-17-25(33(37)29(19-27)23-11-5-3-6-12-23)21-35-31-15-9-10-16-32(31)36-22-26-18-28(40-2)20-30(34(26)38)24-13-7-4-8-14-24;2*1-2-3;;;/h2*3-8,11-14,17-21,31-32,36-38H,9-10,15-16,22H2,1-2H3;2*2H2,1H3;;;/q;;2*-1;-2;2*+4/p-4/t2*31-,32-;;;;;/m11...../s1. The van der Waals surface area contributed by atoms with E-state index in [1.54, 1.807) is 91.1 Å². The van der Waals surface area contributed by atoms with E-state index in [1.807, 2.05) is 133 Å². The molecule has 0 unspecified atom stereocenters. The van der Waals surface area contributed by atoms with Crippen LogP contribution in [-0.2, 0) is 62.0 Å². The van der Waals surface area contributed by atoms with E-state index in [0.29, 0.717) is 80.6 Å². The van der Waals surface area contributed by atoms with Crippen LogP contribution in [0.2, 0.25) is 0 Å². The van der Waals surface area contributed by atoms with Crippen molar-refractivity contribution in [3.8, 4) is 90.5 Å². The average molecular weight is 1270 g/mol. The normalized spacial score (nSPS) is 15.8. The predicted molar refractivity (Wildman–Crippen MR) is 334 cm³/mol. The van der Waals surface area contributed by atoms with Gasteiger partial charge in [0.25, 0.3) is 0 Å². The van der Waals surface area contributed by atoms with Crippen LogP contribution in [0.25, 0.3) is 44.5 Å². The number of rotatable bonds is 18. The molecule has 15 nitrogen and oxygen atoms in total. The van der Waals surface area contributed by atoms with Crippen LogP contribution >= 0.6 is 0 Å². The van der Waals surface area contributed by atoms with E-state index in [-0.39, 0.29) is 109 Å². The van der Waals surface area contributed by atoms with Crippen LogP contribution in [0.4, 0.5) is 0 Å². The van der Waals surface area contributed by atoms with Gasteiger partial charge in [-0.3, -0.25) is 9.98 Å². The Bertz CT molecular complexity index is 3190. The van der Waals surface area contributed by atoms with Crippen molar-refractivity contribution in [1.29, 1.82) is 0 Å². The van der Waals surface area contributed by atoms with E-state index < -0.39 is 0 Å². The van der Waals surface area contributed by atoms with E-state index in [1.165, 1.54) is 0 Å². The molecular formula is C72H78N4O11Ti2. The second-order valence-corrected chi connectivity index (χ2v) is 20.8. The Hall–Kier alpha value is -7.27. The molecule has 8 aromatic carbocycles. The zero-order chi connectivity index (χ0) is 61.2. The SMILES string of the molecule is CC[O-].CC[O-].COc1cc(C=N[C@@H]2CCCC[C@H]2NCc2cc(OC)cc(-c3ccccc3)c2[O-])c([O-])c(-c2ccccc2)c1.COc1cc(C=N[C@@H]2CCCC[C@H]2NCc2cc(OC)cc(-c3ccccc3)c2[O-])c([O-])c(-c2ccccc2)c1.[O-2].[Ti+4].[Ti+4]. The van der Waals surface area contributed by atoms with Crippen LogP contribution in [0.1, 0.15) is 87.5 Å². The first kappa shape index (κ1) is 74.2. The monoisotopic (exact) mass is 1270 g/mol. The topological polar surface area (TPSA) is 253 Å². The third-order valence-corrected chi connectivity index (χ3v) is 15.1. The fourth-order valence-corrected chi connectivity index (χ4v) is 10.7. The van der Waals surface area contributed by atoms with Crippen molar-refractivity contribution in [2.45, 2.75) is 102 Å². The van der Waals surface area contributed by atoms with Crippen LogP contribution in [0.3, 0.4) is 0 Å². The van der Waals surface area contributed by atoms with Gasteiger partial charge in [0.2, 0.25) is 0 Å². The van der Waals surface area contributed by atoms with Gasteiger partial charge < -0.3 is 65.7 Å². The molecule has 0 saturated heterocycles. The first-order valence-corrected chi connectivity index (χ1v) is 29.4. The molecule has 4 atom stereocenters. The minimum absolute atomic E-state index is 0. The van der Waals surface area contributed by atoms with Gasteiger partial charge in [0.1, 0.15) is 23.0 Å². The summed E-state index contributed by atoms with van der Waals surface area (Å²) in [6.45, 7) is 3.97. The maximum Gasteiger partial charge on any atom is 4.00 e. The zero-order valence-electron chi connectivity index (χ0n) is 51.5. The Morgan fingerprint density at radius 1 is 0.404 bits per heavy atom. The molecule has 2 aliphatic rings. The summed E-state index contributed by atoms with van der Waals surface area (Å²) in [7, 11) is 6.43. The summed E-state index contributed by atoms with van der Waals surface area (Å²) in [5.74, 6) is 2.40. The molecule has 0 radical (unpaired) electrons. The van der Waals surface area contributed by atoms with Gasteiger partial charge in [0.05, 0.1) is 40.5 Å². The Labute approximate surface area is 554 Å². The first-order chi connectivity index (χ1) is 42.0. The summed E-state index contributed by atoms with van der Waals surface area (Å²) in [5.41, 5.74) is 8.21. The number of methoxy groups -OCH3 is 4. The van der Waals surface area contributed by atoms with E-state index >= 15 is 0 Å². The second kappa shape index (κ2) is 39.0. The molecular weight excluding hydrogens is 1190 g/mol. The quantitative estimate of drug-likeness (QED) is 0.0601. The van der Waals surface area contributed by atoms with E-state index in [0.717, 1.165) is 73.6 Å². The third kappa shape index (κ3) is 20.9. The van der Waals surface area contributed by atoms with E-state index in [2.05, 4.69) is 10.6 Å². The molecule has 0 heterocycles. The van der Waals surface area contributed by atoms with Gasteiger partial charge >= 0.3 is 43.4 Å². The molecule has 2 N–H and O–H groups in total. The molecule has 0 bridgehead atoms. The minimum atomic E-state index is -0.0723. The third-order valence-electron chi connectivity index (χ3n) is 15.1. The van der Waals surface area contributed by atoms with Crippen molar-refractivity contribution in [2.75, 3.05) is 41.7 Å². The predicted octanol–water partition coefficient (Wildman–Crippen LogP) is 10.0. The van der Waals surface area contributed by atoms with Gasteiger partial charge in [0, 0.05) is 37.6 Å². The second-order valence-electron chi connectivity index (χ2n) is 20.8. The Morgan fingerprint density at radius 3 is 0.944 bits per heavy atom.